The van der Waals surface area contributed by atoms with Gasteiger partial charge in [-0.1, -0.05) is 22.9 Å². The molecule has 0 saturated carbocycles. The molecule has 5 aromatic rings. The lowest BCUT2D eigenvalue weighted by Gasteiger charge is -2.08. The average Bonchev–Trinajstić information content (AvgIpc) is 2.93. The van der Waals surface area contributed by atoms with Crippen molar-refractivity contribution in [3.05, 3.63) is 81.5 Å². The number of H-pyrrole nitrogens is 1. The number of hydrogen-bond donors (Lipinski definition) is 1. The fourth-order valence-corrected chi connectivity index (χ4v) is 3.50. The fourth-order valence-electron chi connectivity index (χ4n) is 3.50. The molecular formula is C25H23N5O6. The molecule has 0 spiro atoms. The first-order valence-corrected chi connectivity index (χ1v) is 10.7. The van der Waals surface area contributed by atoms with E-state index in [0.29, 0.717) is 44.8 Å². The van der Waals surface area contributed by atoms with E-state index in [-0.39, 0.29) is 17.1 Å². The molecule has 0 bridgehead atoms. The summed E-state index contributed by atoms with van der Waals surface area (Å²) in [7, 11) is 5.88. The zero-order valence-electron chi connectivity index (χ0n) is 20.0. The molecule has 36 heavy (non-hydrogen) atoms. The van der Waals surface area contributed by atoms with Crippen LogP contribution in [0.5, 0.6) is 17.5 Å². The summed E-state index contributed by atoms with van der Waals surface area (Å²) in [6, 6.07) is 15.9. The molecule has 11 heteroatoms. The van der Waals surface area contributed by atoms with Crippen LogP contribution in [0.15, 0.2) is 70.4 Å². The van der Waals surface area contributed by atoms with E-state index >= 15 is 0 Å². The van der Waals surface area contributed by atoms with Crippen LogP contribution in [0, 0.1) is 0 Å². The molecule has 0 saturated heterocycles. The molecule has 0 unspecified atom stereocenters. The number of para-hydroxylation sites is 1. The molecule has 0 fully saturated rings. The second-order valence-corrected chi connectivity index (χ2v) is 7.25. The van der Waals surface area contributed by atoms with Gasteiger partial charge < -0.3 is 24.0 Å². The van der Waals surface area contributed by atoms with Gasteiger partial charge in [0.05, 0.1) is 37.7 Å². The topological polar surface area (TPSA) is 130 Å². The van der Waals surface area contributed by atoms with Crippen molar-refractivity contribution in [1.29, 1.82) is 0 Å². The van der Waals surface area contributed by atoms with Gasteiger partial charge in [-0.05, 0) is 24.3 Å². The van der Waals surface area contributed by atoms with Gasteiger partial charge in [0.15, 0.2) is 5.82 Å². The van der Waals surface area contributed by atoms with E-state index in [9.17, 15) is 9.59 Å². The maximum Gasteiger partial charge on any atom is 0.334 e. The summed E-state index contributed by atoms with van der Waals surface area (Å²) in [5.41, 5.74) is 1.13. The molecule has 0 amide bonds. The predicted molar refractivity (Wildman–Crippen MR) is 134 cm³/mol. The highest BCUT2D eigenvalue weighted by Gasteiger charge is 2.13. The van der Waals surface area contributed by atoms with E-state index in [0.717, 1.165) is 4.73 Å². The molecular weight excluding hydrogens is 466 g/mol. The quantitative estimate of drug-likeness (QED) is 0.396. The van der Waals surface area contributed by atoms with E-state index in [1.54, 1.807) is 55.8 Å². The van der Waals surface area contributed by atoms with Crippen LogP contribution in [0.3, 0.4) is 0 Å². The molecule has 3 heterocycles. The number of pyridine rings is 1. The van der Waals surface area contributed by atoms with Crippen LogP contribution in [-0.4, -0.2) is 53.1 Å². The van der Waals surface area contributed by atoms with E-state index in [1.165, 1.54) is 21.3 Å². The van der Waals surface area contributed by atoms with Crippen LogP contribution in [0.2, 0.25) is 0 Å². The number of hydrogen-bond acceptors (Lipinski definition) is 9. The first-order chi connectivity index (χ1) is 17.5. The van der Waals surface area contributed by atoms with Gasteiger partial charge in [0.25, 0.3) is 11.1 Å². The summed E-state index contributed by atoms with van der Waals surface area (Å²) in [6.45, 7) is 0. The Hall–Kier alpha value is -4.93. The highest BCUT2D eigenvalue weighted by atomic mass is 16.7. The van der Waals surface area contributed by atoms with Gasteiger partial charge in [0.1, 0.15) is 29.7 Å². The van der Waals surface area contributed by atoms with Crippen molar-refractivity contribution >= 4 is 21.8 Å². The second-order valence-electron chi connectivity index (χ2n) is 7.25. The Morgan fingerprint density at radius 2 is 1.61 bits per heavy atom. The minimum Gasteiger partial charge on any atom is -0.497 e. The molecule has 2 aromatic carbocycles. The first-order valence-electron chi connectivity index (χ1n) is 10.7. The van der Waals surface area contributed by atoms with Gasteiger partial charge in [-0.3, -0.25) is 14.6 Å². The van der Waals surface area contributed by atoms with Gasteiger partial charge >= 0.3 is 6.01 Å². The summed E-state index contributed by atoms with van der Waals surface area (Å²) in [4.78, 5) is 44.6. The third-order valence-electron chi connectivity index (χ3n) is 5.18. The number of nitrogens with zero attached hydrogens (tertiary/aromatic N) is 4. The number of benzene rings is 2. The van der Waals surface area contributed by atoms with E-state index in [1.807, 2.05) is 12.1 Å². The van der Waals surface area contributed by atoms with E-state index < -0.39 is 0 Å². The van der Waals surface area contributed by atoms with Crippen molar-refractivity contribution in [3.63, 3.8) is 0 Å². The molecule has 184 valence electrons. The third kappa shape index (κ3) is 4.67. The van der Waals surface area contributed by atoms with Crippen molar-refractivity contribution in [2.45, 2.75) is 0 Å². The number of nitrogens with one attached hydrogen (secondary N) is 1. The third-order valence-corrected chi connectivity index (χ3v) is 5.18. The summed E-state index contributed by atoms with van der Waals surface area (Å²) in [5.74, 6) is 1.40. The van der Waals surface area contributed by atoms with Crippen LogP contribution in [0.25, 0.3) is 33.3 Å². The Balaban J connectivity index is 0.000000179. The lowest BCUT2D eigenvalue weighted by molar-refractivity contribution is 0.124. The molecule has 0 aliphatic rings. The van der Waals surface area contributed by atoms with Crippen molar-refractivity contribution in [2.24, 2.45) is 0 Å². The molecule has 1 N–H and O–H groups in total. The number of aromatic nitrogens is 5. The molecule has 0 radical (unpaired) electrons. The number of ether oxygens (including phenoxy) is 3. The second kappa shape index (κ2) is 10.6. The molecule has 0 aliphatic heterocycles. The molecule has 5 rings (SSSR count). The Bertz CT molecular complexity index is 1630. The summed E-state index contributed by atoms with van der Waals surface area (Å²) in [5, 5.41) is 0.887. The maximum atomic E-state index is 12.3. The Kier molecular flexibility index (Phi) is 7.10. The first kappa shape index (κ1) is 24.2. The highest BCUT2D eigenvalue weighted by molar-refractivity contribution is 5.87. The molecule has 0 atom stereocenters. The molecule has 3 aromatic heterocycles. The molecule has 11 nitrogen and oxygen atoms in total. The van der Waals surface area contributed by atoms with Crippen molar-refractivity contribution in [1.82, 2.24) is 24.7 Å². The monoisotopic (exact) mass is 489 g/mol. The van der Waals surface area contributed by atoms with Crippen molar-refractivity contribution in [3.8, 4) is 29.0 Å². The van der Waals surface area contributed by atoms with E-state index in [4.69, 9.17) is 19.0 Å². The summed E-state index contributed by atoms with van der Waals surface area (Å²) >= 11 is 0. The maximum absolute atomic E-state index is 12.3. The van der Waals surface area contributed by atoms with E-state index in [2.05, 4.69) is 19.9 Å². The van der Waals surface area contributed by atoms with Crippen LogP contribution in [0.1, 0.15) is 0 Å². The molecule has 0 aliphatic carbocycles. The van der Waals surface area contributed by atoms with Crippen LogP contribution >= 0.6 is 0 Å². The SMILES string of the molecule is COc1cc(OC)c2c(=O)[nH]c(-c3ccccn3)nc2c1.COc1nc2ccccc2c(=O)n1OC. The number of rotatable bonds is 5. The predicted octanol–water partition coefficient (Wildman–Crippen LogP) is 2.47. The number of aromatic amines is 1. The summed E-state index contributed by atoms with van der Waals surface area (Å²) < 4.78 is 16.4. The Morgan fingerprint density at radius 1 is 0.833 bits per heavy atom. The minimum absolute atomic E-state index is 0.140. The normalized spacial score (nSPS) is 10.4. The fraction of sp³-hybridized carbons (Fsp3) is 0.160. The van der Waals surface area contributed by atoms with Gasteiger partial charge in [0.2, 0.25) is 0 Å². The lowest BCUT2D eigenvalue weighted by atomic mass is 10.2. The van der Waals surface area contributed by atoms with Crippen LogP contribution in [-0.2, 0) is 0 Å². The van der Waals surface area contributed by atoms with Crippen LogP contribution in [0.4, 0.5) is 0 Å². The average molecular weight is 489 g/mol. The smallest absolute Gasteiger partial charge is 0.334 e. The standard InChI is InChI=1S/C15H13N3O3.C10H10N2O3/c1-20-9-7-11-13(12(8-9)21-2)15(19)18-14(17-11)10-5-3-4-6-16-10;1-14-10-11-8-6-4-3-5-7(8)9(13)12(10)15-2/h3-8H,1-2H3,(H,17,18,19);3-6H,1-2H3. The van der Waals surface area contributed by atoms with Gasteiger partial charge in [-0.2, -0.15) is 4.98 Å². The number of methoxy groups -OCH3 is 3. The minimum atomic E-state index is -0.278. The largest absolute Gasteiger partial charge is 0.497 e. The summed E-state index contributed by atoms with van der Waals surface area (Å²) in [6.07, 6.45) is 1.64. The van der Waals surface area contributed by atoms with Crippen molar-refractivity contribution < 1.29 is 19.0 Å². The van der Waals surface area contributed by atoms with Gasteiger partial charge in [0, 0.05) is 18.3 Å². The zero-order chi connectivity index (χ0) is 25.7. The van der Waals surface area contributed by atoms with Gasteiger partial charge in [-0.25, -0.2) is 4.98 Å². The zero-order valence-corrected chi connectivity index (χ0v) is 20.0. The Morgan fingerprint density at radius 3 is 2.28 bits per heavy atom. The van der Waals surface area contributed by atoms with Crippen molar-refractivity contribution in [2.75, 3.05) is 28.4 Å². The Labute approximate surface area is 204 Å². The lowest BCUT2D eigenvalue weighted by Crippen LogP contribution is -2.27. The van der Waals surface area contributed by atoms with Crippen LogP contribution < -0.4 is 30.2 Å². The number of fused-ring (bicyclic) bond motifs is 2. The highest BCUT2D eigenvalue weighted by Crippen LogP contribution is 2.28. The van der Waals surface area contributed by atoms with Gasteiger partial charge in [-0.15, -0.1) is 0 Å².